The Morgan fingerprint density at radius 3 is 2.82 bits per heavy atom. The third-order valence-electron chi connectivity index (χ3n) is 6.74. The van der Waals surface area contributed by atoms with Crippen molar-refractivity contribution in [1.82, 2.24) is 25.2 Å². The maximum atomic E-state index is 12.5. The highest BCUT2D eigenvalue weighted by Crippen LogP contribution is 2.41. The van der Waals surface area contributed by atoms with E-state index in [-0.39, 0.29) is 23.4 Å². The first-order chi connectivity index (χ1) is 15.8. The summed E-state index contributed by atoms with van der Waals surface area (Å²) >= 11 is 7.58. The highest BCUT2D eigenvalue weighted by atomic mass is 35.5. The number of fused-ring (bicyclic) bond motifs is 1. The minimum Gasteiger partial charge on any atom is -0.372 e. The summed E-state index contributed by atoms with van der Waals surface area (Å²) in [7, 11) is 0. The number of rotatable bonds is 7. The van der Waals surface area contributed by atoms with Gasteiger partial charge in [-0.1, -0.05) is 24.9 Å². The molecule has 1 aliphatic carbocycles. The SMILES string of the molecule is C[C@H](Nc1nc(C(O)N2CC(NC(=O)C3(C)CCC3)C2)c2sccc2n1)c1cncc(Cl)c1. The predicted molar refractivity (Wildman–Crippen MR) is 129 cm³/mol. The average molecular weight is 487 g/mol. The molecule has 3 N–H and O–H groups in total. The number of nitrogens with one attached hydrogen (secondary N) is 2. The van der Waals surface area contributed by atoms with Gasteiger partial charge < -0.3 is 15.7 Å². The Morgan fingerprint density at radius 2 is 2.12 bits per heavy atom. The number of aliphatic hydroxyl groups is 1. The number of hydrogen-bond donors (Lipinski definition) is 3. The van der Waals surface area contributed by atoms with Crippen LogP contribution in [0.25, 0.3) is 10.2 Å². The summed E-state index contributed by atoms with van der Waals surface area (Å²) in [6, 6.07) is 3.71. The normalized spacial score (nSPS) is 20.0. The summed E-state index contributed by atoms with van der Waals surface area (Å²) in [6.07, 6.45) is 5.50. The smallest absolute Gasteiger partial charge is 0.226 e. The van der Waals surface area contributed by atoms with Crippen LogP contribution in [0.1, 0.15) is 56.6 Å². The van der Waals surface area contributed by atoms with Crippen LogP contribution in [0, 0.1) is 5.41 Å². The van der Waals surface area contributed by atoms with Crippen molar-refractivity contribution in [3.63, 3.8) is 0 Å². The van der Waals surface area contributed by atoms with Crippen molar-refractivity contribution in [2.24, 2.45) is 5.41 Å². The molecule has 1 saturated heterocycles. The van der Waals surface area contributed by atoms with Gasteiger partial charge in [0.2, 0.25) is 11.9 Å². The lowest BCUT2D eigenvalue weighted by Gasteiger charge is -2.45. The Labute approximate surface area is 201 Å². The van der Waals surface area contributed by atoms with E-state index in [0.29, 0.717) is 29.8 Å². The number of halogens is 1. The molecule has 3 aromatic heterocycles. The van der Waals surface area contributed by atoms with E-state index >= 15 is 0 Å². The lowest BCUT2D eigenvalue weighted by atomic mass is 9.69. The Hall–Kier alpha value is -2.33. The van der Waals surface area contributed by atoms with Gasteiger partial charge >= 0.3 is 0 Å². The van der Waals surface area contributed by atoms with Crippen molar-refractivity contribution in [2.45, 2.75) is 51.4 Å². The van der Waals surface area contributed by atoms with E-state index in [9.17, 15) is 9.90 Å². The maximum absolute atomic E-state index is 12.5. The van der Waals surface area contributed by atoms with Gasteiger partial charge in [0.1, 0.15) is 5.69 Å². The molecular weight excluding hydrogens is 460 g/mol. The van der Waals surface area contributed by atoms with E-state index in [1.165, 1.54) is 11.3 Å². The van der Waals surface area contributed by atoms with E-state index < -0.39 is 6.23 Å². The van der Waals surface area contributed by atoms with Crippen molar-refractivity contribution >= 4 is 45.0 Å². The summed E-state index contributed by atoms with van der Waals surface area (Å²) in [4.78, 5) is 27.8. The van der Waals surface area contributed by atoms with E-state index in [4.69, 9.17) is 11.6 Å². The van der Waals surface area contributed by atoms with Gasteiger partial charge in [0, 0.05) is 30.9 Å². The standard InChI is InChI=1S/C23H27ClN6O2S/c1-13(14-8-15(24)10-25-9-14)26-22-28-17-4-7-33-19(17)18(29-22)20(31)30-11-16(12-30)27-21(32)23(2)5-3-6-23/h4,7-10,13,16,20,31H,3,5-6,11-12H2,1-2H3,(H,27,32)(H,26,28,29)/t13-,20?/m0/s1. The first-order valence-electron chi connectivity index (χ1n) is 11.2. The number of nitrogens with zero attached hydrogens (tertiary/aromatic N) is 4. The highest BCUT2D eigenvalue weighted by Gasteiger charge is 2.42. The molecule has 3 aromatic rings. The van der Waals surface area contributed by atoms with Crippen LogP contribution in [-0.2, 0) is 4.79 Å². The molecule has 174 valence electrons. The Kier molecular flexibility index (Phi) is 5.98. The molecule has 0 bridgehead atoms. The molecule has 0 aromatic carbocycles. The molecule has 0 radical (unpaired) electrons. The first kappa shape index (κ1) is 22.5. The second-order valence-electron chi connectivity index (χ2n) is 9.28. The summed E-state index contributed by atoms with van der Waals surface area (Å²) in [5.41, 5.74) is 2.06. The average Bonchev–Trinajstić information content (AvgIpc) is 3.21. The molecule has 4 heterocycles. The van der Waals surface area contributed by atoms with Crippen LogP contribution in [0.2, 0.25) is 5.02 Å². The van der Waals surface area contributed by atoms with Gasteiger partial charge in [-0.3, -0.25) is 14.7 Å². The number of carbonyl (C=O) groups is 1. The number of anilines is 1. The zero-order valence-corrected chi connectivity index (χ0v) is 20.2. The van der Waals surface area contributed by atoms with Crippen molar-refractivity contribution in [3.8, 4) is 0 Å². The number of hydrogen-bond acceptors (Lipinski definition) is 8. The minimum atomic E-state index is -0.870. The van der Waals surface area contributed by atoms with Gasteiger partial charge in [-0.05, 0) is 42.8 Å². The number of carbonyl (C=O) groups excluding carboxylic acids is 1. The number of aliphatic hydroxyl groups excluding tert-OH is 1. The lowest BCUT2D eigenvalue weighted by molar-refractivity contribution is -0.138. The number of thiophene rings is 1. The van der Waals surface area contributed by atoms with E-state index in [1.54, 1.807) is 12.4 Å². The molecule has 2 fully saturated rings. The molecule has 1 amide bonds. The van der Waals surface area contributed by atoms with E-state index in [0.717, 1.165) is 35.0 Å². The fourth-order valence-electron chi connectivity index (χ4n) is 4.34. The van der Waals surface area contributed by atoms with E-state index in [2.05, 4.69) is 25.6 Å². The van der Waals surface area contributed by atoms with Gasteiger partial charge in [-0.25, -0.2) is 9.97 Å². The minimum absolute atomic E-state index is 0.0539. The van der Waals surface area contributed by atoms with Crippen LogP contribution in [0.4, 0.5) is 5.95 Å². The fourth-order valence-corrected chi connectivity index (χ4v) is 5.36. The summed E-state index contributed by atoms with van der Waals surface area (Å²) in [5.74, 6) is 0.567. The summed E-state index contributed by atoms with van der Waals surface area (Å²) in [6.45, 7) is 5.19. The quantitative estimate of drug-likeness (QED) is 0.465. The van der Waals surface area contributed by atoms with Crippen LogP contribution >= 0.6 is 22.9 Å². The van der Waals surface area contributed by atoms with E-state index in [1.807, 2.05) is 36.3 Å². The van der Waals surface area contributed by atoms with Crippen LogP contribution in [0.15, 0.2) is 29.9 Å². The zero-order valence-electron chi connectivity index (χ0n) is 18.6. The maximum Gasteiger partial charge on any atom is 0.226 e. The molecule has 2 aliphatic rings. The number of likely N-dealkylation sites (tertiary alicyclic amines) is 1. The Bertz CT molecular complexity index is 1180. The van der Waals surface area contributed by atoms with Gasteiger partial charge in [0.25, 0.3) is 0 Å². The van der Waals surface area contributed by atoms with Gasteiger partial charge in [0.15, 0.2) is 6.23 Å². The third-order valence-corrected chi connectivity index (χ3v) is 7.87. The van der Waals surface area contributed by atoms with Gasteiger partial charge in [0.05, 0.1) is 27.3 Å². The lowest BCUT2D eigenvalue weighted by Crippen LogP contribution is -2.62. The van der Waals surface area contributed by atoms with Gasteiger partial charge in [-0.15, -0.1) is 11.3 Å². The van der Waals surface area contributed by atoms with Crippen LogP contribution < -0.4 is 10.6 Å². The Morgan fingerprint density at radius 1 is 1.33 bits per heavy atom. The molecule has 1 aliphatic heterocycles. The monoisotopic (exact) mass is 486 g/mol. The summed E-state index contributed by atoms with van der Waals surface area (Å²) in [5, 5.41) is 20.1. The molecule has 8 nitrogen and oxygen atoms in total. The predicted octanol–water partition coefficient (Wildman–Crippen LogP) is 3.89. The molecule has 10 heteroatoms. The largest absolute Gasteiger partial charge is 0.372 e. The molecule has 5 rings (SSSR count). The first-order valence-corrected chi connectivity index (χ1v) is 12.4. The second-order valence-corrected chi connectivity index (χ2v) is 10.6. The van der Waals surface area contributed by atoms with Gasteiger partial charge in [-0.2, -0.15) is 0 Å². The third kappa shape index (κ3) is 4.42. The number of pyridine rings is 1. The van der Waals surface area contributed by atoms with Crippen LogP contribution in [0.5, 0.6) is 0 Å². The van der Waals surface area contributed by atoms with Crippen LogP contribution in [0.3, 0.4) is 0 Å². The molecule has 2 atom stereocenters. The molecular formula is C23H27ClN6O2S. The van der Waals surface area contributed by atoms with Crippen molar-refractivity contribution < 1.29 is 9.90 Å². The van der Waals surface area contributed by atoms with Crippen molar-refractivity contribution in [1.29, 1.82) is 0 Å². The van der Waals surface area contributed by atoms with Crippen molar-refractivity contribution in [3.05, 3.63) is 46.2 Å². The van der Waals surface area contributed by atoms with Crippen LogP contribution in [-0.4, -0.2) is 50.0 Å². The number of aromatic nitrogens is 3. The zero-order chi connectivity index (χ0) is 23.2. The molecule has 0 spiro atoms. The molecule has 33 heavy (non-hydrogen) atoms. The highest BCUT2D eigenvalue weighted by molar-refractivity contribution is 7.17. The second kappa shape index (κ2) is 8.79. The topological polar surface area (TPSA) is 103 Å². The number of amides is 1. The summed E-state index contributed by atoms with van der Waals surface area (Å²) < 4.78 is 0.861. The molecule has 1 saturated carbocycles. The Balaban J connectivity index is 1.29. The fraction of sp³-hybridized carbons (Fsp3) is 0.478. The van der Waals surface area contributed by atoms with Crippen molar-refractivity contribution in [2.75, 3.05) is 18.4 Å². The molecule has 1 unspecified atom stereocenters.